The summed E-state index contributed by atoms with van der Waals surface area (Å²) in [6.07, 6.45) is 1.45. The van der Waals surface area contributed by atoms with Crippen LogP contribution in [-0.4, -0.2) is 33.7 Å². The number of halogens is 2. The summed E-state index contributed by atoms with van der Waals surface area (Å²) in [6, 6.07) is 8.12. The number of aromatic nitrogens is 1. The quantitative estimate of drug-likeness (QED) is 0.460. The third-order valence-electron chi connectivity index (χ3n) is 4.21. The molecule has 0 aliphatic carbocycles. The molecule has 0 radical (unpaired) electrons. The third-order valence-corrected chi connectivity index (χ3v) is 4.21. The molecule has 0 saturated heterocycles. The van der Waals surface area contributed by atoms with E-state index in [4.69, 9.17) is 9.15 Å². The Morgan fingerprint density at radius 3 is 2.55 bits per heavy atom. The van der Waals surface area contributed by atoms with E-state index in [1.165, 1.54) is 36.6 Å². The average molecular weight is 433 g/mol. The van der Waals surface area contributed by atoms with E-state index < -0.39 is 6.61 Å². The van der Waals surface area contributed by atoms with E-state index in [0.29, 0.717) is 11.3 Å². The Balaban J connectivity index is 1.73. The van der Waals surface area contributed by atoms with Crippen LogP contribution in [0.5, 0.6) is 23.0 Å². The van der Waals surface area contributed by atoms with Crippen molar-refractivity contribution in [2.24, 2.45) is 0 Å². The number of aryl methyl sites for hydroxylation is 1. The number of nitrogens with zero attached hydrogens (tertiary/aromatic N) is 1. The lowest BCUT2D eigenvalue weighted by molar-refractivity contribution is -0.0518. The van der Waals surface area contributed by atoms with Gasteiger partial charge in [0.25, 0.3) is 0 Å². The van der Waals surface area contributed by atoms with E-state index >= 15 is 0 Å². The van der Waals surface area contributed by atoms with Crippen LogP contribution in [0.25, 0.3) is 11.5 Å². The molecule has 0 atom stereocenters. The number of phenols is 2. The monoisotopic (exact) mass is 433 g/mol. The van der Waals surface area contributed by atoms with Crippen LogP contribution in [0.15, 0.2) is 47.1 Å². The number of aromatic hydroxyl groups is 2. The van der Waals surface area contributed by atoms with Crippen molar-refractivity contribution < 1.29 is 37.7 Å². The number of oxazole rings is 1. The predicted molar refractivity (Wildman–Crippen MR) is 107 cm³/mol. The van der Waals surface area contributed by atoms with E-state index in [1.807, 2.05) is 0 Å². The van der Waals surface area contributed by atoms with E-state index in [1.54, 1.807) is 13.8 Å². The maximum Gasteiger partial charge on any atom is 0.387 e. The van der Waals surface area contributed by atoms with Crippen molar-refractivity contribution in [3.05, 3.63) is 53.9 Å². The number of hydrogen-bond donors (Lipinski definition) is 2. The highest BCUT2D eigenvalue weighted by Gasteiger charge is 2.17. The standard InChI is InChI=1S/C22H21F2NO6/c1-12(2)30-20-9-13(3-8-19(20)31-22(23)24)21-25-14(11-29-21)4-7-17(27)16-6-5-15(26)10-18(16)28/h3,5-6,8-12,22,26,28H,4,7H2,1-2H3. The molecule has 3 aromatic rings. The van der Waals surface area contributed by atoms with Gasteiger partial charge >= 0.3 is 6.61 Å². The van der Waals surface area contributed by atoms with Gasteiger partial charge in [-0.15, -0.1) is 0 Å². The molecule has 0 aliphatic rings. The number of carbonyl (C=O) groups excluding carboxylic acids is 1. The van der Waals surface area contributed by atoms with Crippen molar-refractivity contribution in [3.8, 4) is 34.5 Å². The van der Waals surface area contributed by atoms with Crippen LogP contribution in [0.1, 0.15) is 36.3 Å². The normalized spacial score (nSPS) is 11.2. The number of phenolic OH excluding ortho intramolecular Hbond substituents is 2. The number of carbonyl (C=O) groups is 1. The van der Waals surface area contributed by atoms with E-state index in [2.05, 4.69) is 9.72 Å². The second-order valence-corrected chi connectivity index (χ2v) is 6.98. The molecule has 1 aromatic heterocycles. The van der Waals surface area contributed by atoms with Crippen LogP contribution in [0.4, 0.5) is 8.78 Å². The molecular weight excluding hydrogens is 412 g/mol. The largest absolute Gasteiger partial charge is 0.508 e. The maximum atomic E-state index is 12.6. The summed E-state index contributed by atoms with van der Waals surface area (Å²) >= 11 is 0. The fourth-order valence-corrected chi connectivity index (χ4v) is 2.87. The number of ketones is 1. The van der Waals surface area contributed by atoms with Gasteiger partial charge < -0.3 is 24.1 Å². The number of ether oxygens (including phenoxy) is 2. The summed E-state index contributed by atoms with van der Waals surface area (Å²) in [4.78, 5) is 16.6. The summed E-state index contributed by atoms with van der Waals surface area (Å²) in [7, 11) is 0. The minimum atomic E-state index is -2.99. The summed E-state index contributed by atoms with van der Waals surface area (Å²) in [6.45, 7) is 0.523. The summed E-state index contributed by atoms with van der Waals surface area (Å²) < 4.78 is 40.7. The van der Waals surface area contributed by atoms with Gasteiger partial charge in [0.15, 0.2) is 17.3 Å². The Hall–Kier alpha value is -3.62. The summed E-state index contributed by atoms with van der Waals surface area (Å²) in [5, 5.41) is 19.1. The molecule has 9 heteroatoms. The maximum absolute atomic E-state index is 12.6. The number of hydrogen-bond acceptors (Lipinski definition) is 7. The molecule has 2 aromatic carbocycles. The molecule has 1 heterocycles. The number of benzene rings is 2. The van der Waals surface area contributed by atoms with Crippen molar-refractivity contribution in [3.63, 3.8) is 0 Å². The minimum Gasteiger partial charge on any atom is -0.508 e. The topological polar surface area (TPSA) is 102 Å². The molecule has 0 amide bonds. The van der Waals surface area contributed by atoms with Gasteiger partial charge in [-0.3, -0.25) is 4.79 Å². The van der Waals surface area contributed by atoms with Crippen LogP contribution < -0.4 is 9.47 Å². The van der Waals surface area contributed by atoms with Crippen molar-refractivity contribution in [1.29, 1.82) is 0 Å². The second kappa shape index (κ2) is 9.46. The third kappa shape index (κ3) is 5.71. The highest BCUT2D eigenvalue weighted by Crippen LogP contribution is 2.34. The highest BCUT2D eigenvalue weighted by atomic mass is 19.3. The van der Waals surface area contributed by atoms with E-state index in [-0.39, 0.29) is 59.2 Å². The molecule has 0 saturated carbocycles. The van der Waals surface area contributed by atoms with Crippen LogP contribution in [0, 0.1) is 0 Å². The first-order valence-corrected chi connectivity index (χ1v) is 9.48. The molecular formula is C22H21F2NO6. The van der Waals surface area contributed by atoms with Crippen LogP contribution in [0.2, 0.25) is 0 Å². The second-order valence-electron chi connectivity index (χ2n) is 6.98. The zero-order valence-electron chi connectivity index (χ0n) is 16.8. The SMILES string of the molecule is CC(C)Oc1cc(-c2nc(CCC(=O)c3ccc(O)cc3O)co2)ccc1OC(F)F. The van der Waals surface area contributed by atoms with Gasteiger partial charge in [0, 0.05) is 24.5 Å². The van der Waals surface area contributed by atoms with Gasteiger partial charge in [-0.1, -0.05) is 0 Å². The van der Waals surface area contributed by atoms with Gasteiger partial charge in [-0.2, -0.15) is 8.78 Å². The lowest BCUT2D eigenvalue weighted by Gasteiger charge is -2.15. The lowest BCUT2D eigenvalue weighted by atomic mass is 10.0. The Labute approximate surface area is 176 Å². The number of Topliss-reactive ketones (excluding diaryl/α,β-unsaturated/α-hetero) is 1. The van der Waals surface area contributed by atoms with E-state index in [9.17, 15) is 23.8 Å². The molecule has 164 valence electrons. The van der Waals surface area contributed by atoms with Gasteiger partial charge in [-0.25, -0.2) is 4.98 Å². The molecule has 0 fully saturated rings. The average Bonchev–Trinajstić information content (AvgIpc) is 3.16. The van der Waals surface area contributed by atoms with Gasteiger partial charge in [0.2, 0.25) is 5.89 Å². The number of alkyl halides is 2. The van der Waals surface area contributed by atoms with Gasteiger partial charge in [-0.05, 0) is 44.2 Å². The fraction of sp³-hybridized carbons (Fsp3) is 0.273. The smallest absolute Gasteiger partial charge is 0.387 e. The molecule has 0 bridgehead atoms. The zero-order valence-corrected chi connectivity index (χ0v) is 16.8. The highest BCUT2D eigenvalue weighted by molar-refractivity contribution is 5.98. The molecule has 0 spiro atoms. The molecule has 0 aliphatic heterocycles. The van der Waals surface area contributed by atoms with Gasteiger partial charge in [0.1, 0.15) is 17.8 Å². The summed E-state index contributed by atoms with van der Waals surface area (Å²) in [5.41, 5.74) is 1.10. The molecule has 0 unspecified atom stereocenters. The van der Waals surface area contributed by atoms with E-state index in [0.717, 1.165) is 6.07 Å². The molecule has 31 heavy (non-hydrogen) atoms. The van der Waals surface area contributed by atoms with Gasteiger partial charge in [0.05, 0.1) is 17.4 Å². The fourth-order valence-electron chi connectivity index (χ4n) is 2.87. The Bertz CT molecular complexity index is 1060. The lowest BCUT2D eigenvalue weighted by Crippen LogP contribution is -2.09. The van der Waals surface area contributed by atoms with Crippen molar-refractivity contribution >= 4 is 5.78 Å². The van der Waals surface area contributed by atoms with Crippen LogP contribution >= 0.6 is 0 Å². The Morgan fingerprint density at radius 2 is 1.87 bits per heavy atom. The molecule has 7 nitrogen and oxygen atoms in total. The first kappa shape index (κ1) is 22.1. The Kier molecular flexibility index (Phi) is 6.74. The zero-order chi connectivity index (χ0) is 22.5. The number of rotatable bonds is 9. The predicted octanol–water partition coefficient (Wildman–Crippen LogP) is 4.96. The minimum absolute atomic E-state index is 0.0627. The van der Waals surface area contributed by atoms with Crippen LogP contribution in [-0.2, 0) is 6.42 Å². The summed E-state index contributed by atoms with van der Waals surface area (Å²) in [5.74, 6) is -0.491. The first-order chi connectivity index (χ1) is 14.7. The Morgan fingerprint density at radius 1 is 1.10 bits per heavy atom. The van der Waals surface area contributed by atoms with Crippen molar-refractivity contribution in [2.75, 3.05) is 0 Å². The van der Waals surface area contributed by atoms with Crippen molar-refractivity contribution in [1.82, 2.24) is 4.98 Å². The van der Waals surface area contributed by atoms with Crippen molar-refractivity contribution in [2.45, 2.75) is 39.4 Å². The first-order valence-electron chi connectivity index (χ1n) is 9.48. The molecule has 3 rings (SSSR count). The van der Waals surface area contributed by atoms with Crippen LogP contribution in [0.3, 0.4) is 0 Å². The molecule has 2 N–H and O–H groups in total.